The molecule has 4 aromatic rings. The molecule has 3 heterocycles. The van der Waals surface area contributed by atoms with Crippen molar-refractivity contribution in [3.05, 3.63) is 58.4 Å². The van der Waals surface area contributed by atoms with E-state index in [-0.39, 0.29) is 35.3 Å². The first-order valence-electron chi connectivity index (χ1n) is 12.0. The van der Waals surface area contributed by atoms with E-state index >= 15 is 0 Å². The molecule has 0 saturated carbocycles. The van der Waals surface area contributed by atoms with Crippen LogP contribution in [0.15, 0.2) is 47.3 Å². The van der Waals surface area contributed by atoms with E-state index in [0.717, 1.165) is 0 Å². The average Bonchev–Trinajstić information content (AvgIpc) is 3.46. The van der Waals surface area contributed by atoms with Gasteiger partial charge in [0.2, 0.25) is 0 Å². The monoisotopic (exact) mass is 487 g/mol. The van der Waals surface area contributed by atoms with Crippen molar-refractivity contribution in [2.45, 2.75) is 32.4 Å². The normalized spacial score (nSPS) is 15.7. The Hall–Kier alpha value is -4.34. The molecule has 1 saturated heterocycles. The molecule has 10 nitrogen and oxygen atoms in total. The van der Waals surface area contributed by atoms with Crippen LogP contribution in [0.4, 0.5) is 10.5 Å². The molecule has 3 amide bonds. The second kappa shape index (κ2) is 9.03. The number of rotatable bonds is 4. The number of urea groups is 1. The van der Waals surface area contributed by atoms with Gasteiger partial charge >= 0.3 is 6.03 Å². The van der Waals surface area contributed by atoms with E-state index in [1.807, 2.05) is 32.0 Å². The number of H-pyrrole nitrogens is 2. The maximum Gasteiger partial charge on any atom is 0.317 e. The highest BCUT2D eigenvalue weighted by atomic mass is 16.2. The molecule has 2 aromatic heterocycles. The van der Waals surface area contributed by atoms with Crippen molar-refractivity contribution >= 4 is 39.6 Å². The summed E-state index contributed by atoms with van der Waals surface area (Å²) in [6.45, 7) is 4.89. The molecule has 10 heteroatoms. The number of hydrogen-bond donors (Lipinski definition) is 4. The number of anilines is 1. The van der Waals surface area contributed by atoms with E-state index in [0.29, 0.717) is 58.4 Å². The van der Waals surface area contributed by atoms with Crippen LogP contribution in [0.1, 0.15) is 30.6 Å². The second-order valence-corrected chi connectivity index (χ2v) is 9.50. The smallest absolute Gasteiger partial charge is 0.317 e. The lowest BCUT2D eigenvalue weighted by molar-refractivity contribution is 0.0789. The third-order valence-corrected chi connectivity index (χ3v) is 6.82. The number of hydrogen-bond acceptors (Lipinski definition) is 5. The minimum atomic E-state index is -0.350. The van der Waals surface area contributed by atoms with Crippen LogP contribution in [0.5, 0.6) is 0 Å². The van der Waals surface area contributed by atoms with Crippen molar-refractivity contribution in [1.82, 2.24) is 30.1 Å². The van der Waals surface area contributed by atoms with Gasteiger partial charge in [-0.2, -0.15) is 0 Å². The van der Waals surface area contributed by atoms with Crippen LogP contribution in [-0.4, -0.2) is 68.9 Å². The summed E-state index contributed by atoms with van der Waals surface area (Å²) in [5.74, 6) is -0.130. The number of likely N-dealkylation sites (tertiary alicyclic amines) is 1. The Labute approximate surface area is 207 Å². The number of nitrogens with two attached hydrogens (primary N) is 1. The lowest BCUT2D eigenvalue weighted by Crippen LogP contribution is -2.46. The lowest BCUT2D eigenvalue weighted by Gasteiger charge is -2.24. The van der Waals surface area contributed by atoms with Gasteiger partial charge in [-0.3, -0.25) is 9.59 Å². The average molecular weight is 488 g/mol. The summed E-state index contributed by atoms with van der Waals surface area (Å²) in [6.07, 6.45) is 0.693. The summed E-state index contributed by atoms with van der Waals surface area (Å²) in [6, 6.07) is 12.4. The number of nitrogens with zero attached hydrogens (tertiary/aromatic N) is 3. The van der Waals surface area contributed by atoms with Gasteiger partial charge in [0.25, 0.3) is 11.5 Å². The van der Waals surface area contributed by atoms with E-state index in [4.69, 9.17) is 5.73 Å². The highest BCUT2D eigenvalue weighted by Gasteiger charge is 2.29. The zero-order valence-corrected chi connectivity index (χ0v) is 20.5. The van der Waals surface area contributed by atoms with Gasteiger partial charge in [-0.25, -0.2) is 9.78 Å². The third-order valence-electron chi connectivity index (χ3n) is 6.82. The molecule has 0 aliphatic carbocycles. The Morgan fingerprint density at radius 2 is 1.94 bits per heavy atom. The van der Waals surface area contributed by atoms with E-state index in [2.05, 4.69) is 20.3 Å². The van der Waals surface area contributed by atoms with Crippen molar-refractivity contribution in [1.29, 1.82) is 0 Å². The summed E-state index contributed by atoms with van der Waals surface area (Å²) >= 11 is 0. The van der Waals surface area contributed by atoms with Crippen molar-refractivity contribution in [3.63, 3.8) is 0 Å². The van der Waals surface area contributed by atoms with Crippen molar-refractivity contribution < 1.29 is 9.59 Å². The Balaban J connectivity index is 1.39. The molecule has 186 valence electrons. The fraction of sp³-hybridized carbons (Fsp3) is 0.308. The van der Waals surface area contributed by atoms with Gasteiger partial charge < -0.3 is 30.8 Å². The summed E-state index contributed by atoms with van der Waals surface area (Å²) in [5, 5.41) is 3.65. The molecule has 5 N–H and O–H groups in total. The van der Waals surface area contributed by atoms with Crippen LogP contribution in [0.2, 0.25) is 0 Å². The van der Waals surface area contributed by atoms with Crippen LogP contribution in [0.25, 0.3) is 33.3 Å². The van der Waals surface area contributed by atoms with Gasteiger partial charge in [-0.15, -0.1) is 0 Å². The SMILES string of the molecule is CC(C)N(C)C(=O)NC1CCN(C(=O)c2ccc3[nH]c(-c4nc5ccccc5[nH]c4=O)c(N)c3c2)C1. The predicted octanol–water partition coefficient (Wildman–Crippen LogP) is 2.92. The topological polar surface area (TPSA) is 140 Å². The number of aromatic nitrogens is 3. The molecule has 1 aliphatic heterocycles. The number of aromatic amines is 2. The first kappa shape index (κ1) is 23.4. The number of amides is 3. The summed E-state index contributed by atoms with van der Waals surface area (Å²) < 4.78 is 0. The second-order valence-electron chi connectivity index (χ2n) is 9.50. The van der Waals surface area contributed by atoms with Gasteiger partial charge in [-0.1, -0.05) is 12.1 Å². The molecular formula is C26H29N7O3. The van der Waals surface area contributed by atoms with Gasteiger partial charge in [-0.05, 0) is 50.6 Å². The molecule has 5 rings (SSSR count). The first-order valence-corrected chi connectivity index (χ1v) is 12.0. The van der Waals surface area contributed by atoms with Gasteiger partial charge in [0.1, 0.15) is 0 Å². The fourth-order valence-corrected chi connectivity index (χ4v) is 4.49. The number of carbonyl (C=O) groups is 2. The molecule has 2 aromatic carbocycles. The van der Waals surface area contributed by atoms with Crippen LogP contribution < -0.4 is 16.6 Å². The lowest BCUT2D eigenvalue weighted by atomic mass is 10.1. The maximum absolute atomic E-state index is 13.2. The number of nitrogen functional groups attached to an aromatic ring is 1. The summed E-state index contributed by atoms with van der Waals surface area (Å²) in [7, 11) is 1.75. The standard InChI is InChI=1S/C26H29N7O3/c1-14(2)32(3)26(36)28-16-10-11-33(13-16)25(35)15-8-9-18-17(12-15)21(27)22(29-18)23-24(34)31-20-7-5-4-6-19(20)30-23/h4-9,12,14,16,29H,10-11,13,27H2,1-3H3,(H,28,36)(H,31,34). The largest absolute Gasteiger partial charge is 0.396 e. The van der Waals surface area contributed by atoms with Crippen molar-refractivity contribution in [3.8, 4) is 11.4 Å². The number of nitrogens with one attached hydrogen (secondary N) is 3. The first-order chi connectivity index (χ1) is 17.2. The minimum absolute atomic E-state index is 0.0907. The molecule has 1 atom stereocenters. The van der Waals surface area contributed by atoms with Gasteiger partial charge in [0, 0.05) is 48.7 Å². The van der Waals surface area contributed by atoms with Crippen LogP contribution >= 0.6 is 0 Å². The molecule has 0 spiro atoms. The third kappa shape index (κ3) is 4.15. The molecule has 1 unspecified atom stereocenters. The van der Waals surface area contributed by atoms with E-state index < -0.39 is 0 Å². The Kier molecular flexibility index (Phi) is 5.87. The molecular weight excluding hydrogens is 458 g/mol. The number of fused-ring (bicyclic) bond motifs is 2. The van der Waals surface area contributed by atoms with Crippen molar-refractivity contribution in [2.24, 2.45) is 0 Å². The zero-order valence-electron chi connectivity index (χ0n) is 20.5. The van der Waals surface area contributed by atoms with E-state index in [1.165, 1.54) is 0 Å². The Bertz CT molecular complexity index is 1540. The van der Waals surface area contributed by atoms with E-state index in [9.17, 15) is 14.4 Å². The van der Waals surface area contributed by atoms with Crippen molar-refractivity contribution in [2.75, 3.05) is 25.9 Å². The number of para-hydroxylation sites is 2. The summed E-state index contributed by atoms with van der Waals surface area (Å²) in [4.78, 5) is 52.2. The maximum atomic E-state index is 13.2. The van der Waals surface area contributed by atoms with E-state index in [1.54, 1.807) is 41.1 Å². The minimum Gasteiger partial charge on any atom is -0.396 e. The van der Waals surface area contributed by atoms with Gasteiger partial charge in [0.15, 0.2) is 5.69 Å². The van der Waals surface area contributed by atoms with Gasteiger partial charge in [0.05, 0.1) is 22.4 Å². The van der Waals surface area contributed by atoms with Crippen LogP contribution in [0.3, 0.4) is 0 Å². The molecule has 1 aliphatic rings. The highest BCUT2D eigenvalue weighted by Crippen LogP contribution is 2.32. The predicted molar refractivity (Wildman–Crippen MR) is 140 cm³/mol. The molecule has 0 radical (unpaired) electrons. The Morgan fingerprint density at radius 3 is 2.72 bits per heavy atom. The quantitative estimate of drug-likeness (QED) is 0.350. The highest BCUT2D eigenvalue weighted by molar-refractivity contribution is 6.04. The number of benzene rings is 2. The van der Waals surface area contributed by atoms with Crippen LogP contribution in [-0.2, 0) is 0 Å². The van der Waals surface area contributed by atoms with Crippen LogP contribution in [0, 0.1) is 0 Å². The zero-order chi connectivity index (χ0) is 25.6. The number of carbonyl (C=O) groups excluding carboxylic acids is 2. The summed E-state index contributed by atoms with van der Waals surface area (Å²) in [5.41, 5.74) is 9.54. The molecule has 1 fully saturated rings. The fourth-order valence-electron chi connectivity index (χ4n) is 4.49. The Morgan fingerprint density at radius 1 is 1.17 bits per heavy atom. The molecule has 36 heavy (non-hydrogen) atoms. The molecule has 0 bridgehead atoms.